The van der Waals surface area contributed by atoms with Gasteiger partial charge in [0, 0.05) is 24.0 Å². The lowest BCUT2D eigenvalue weighted by Gasteiger charge is -2.39. The van der Waals surface area contributed by atoms with Gasteiger partial charge in [-0.05, 0) is 29.7 Å². The summed E-state index contributed by atoms with van der Waals surface area (Å²) in [6.45, 7) is 5.77. The van der Waals surface area contributed by atoms with E-state index in [0.29, 0.717) is 30.6 Å². The number of aliphatic carboxylic acids is 1. The Bertz CT molecular complexity index is 567. The Morgan fingerprint density at radius 1 is 1.41 bits per heavy atom. The first-order valence-electron chi connectivity index (χ1n) is 7.28. The SMILES string of the molecule is CC(C)c1cc(Cl)ccc1OCC1CN(C(=O)CC(=O)O)C1. The molecule has 0 radical (unpaired) electrons. The van der Waals surface area contributed by atoms with Crippen LogP contribution in [0, 0.1) is 5.92 Å². The molecule has 1 aliphatic rings. The van der Waals surface area contributed by atoms with Gasteiger partial charge in [-0.1, -0.05) is 25.4 Å². The molecule has 0 aromatic heterocycles. The van der Waals surface area contributed by atoms with Crippen molar-refractivity contribution in [1.82, 2.24) is 4.90 Å². The van der Waals surface area contributed by atoms with Gasteiger partial charge in [0.1, 0.15) is 12.2 Å². The molecular formula is C16H20ClNO4. The second-order valence-electron chi connectivity index (χ2n) is 5.88. The van der Waals surface area contributed by atoms with Crippen LogP contribution in [0.15, 0.2) is 18.2 Å². The van der Waals surface area contributed by atoms with E-state index < -0.39 is 12.4 Å². The maximum Gasteiger partial charge on any atom is 0.312 e. The van der Waals surface area contributed by atoms with E-state index in [1.54, 1.807) is 11.0 Å². The lowest BCUT2D eigenvalue weighted by atomic mass is 10.00. The van der Waals surface area contributed by atoms with Crippen LogP contribution in [0.25, 0.3) is 0 Å². The largest absolute Gasteiger partial charge is 0.493 e. The fourth-order valence-corrected chi connectivity index (χ4v) is 2.61. The summed E-state index contributed by atoms with van der Waals surface area (Å²) in [4.78, 5) is 23.6. The summed E-state index contributed by atoms with van der Waals surface area (Å²) in [6, 6.07) is 5.57. The van der Waals surface area contributed by atoms with Crippen molar-refractivity contribution in [3.63, 3.8) is 0 Å². The number of nitrogens with zero attached hydrogens (tertiary/aromatic N) is 1. The van der Waals surface area contributed by atoms with Crippen LogP contribution in [0.5, 0.6) is 5.75 Å². The van der Waals surface area contributed by atoms with Gasteiger partial charge >= 0.3 is 5.97 Å². The van der Waals surface area contributed by atoms with Crippen LogP contribution in [0.2, 0.25) is 5.02 Å². The Morgan fingerprint density at radius 3 is 2.68 bits per heavy atom. The van der Waals surface area contributed by atoms with Gasteiger partial charge in [-0.2, -0.15) is 0 Å². The summed E-state index contributed by atoms with van der Waals surface area (Å²) in [5, 5.41) is 9.28. The number of hydrogen-bond donors (Lipinski definition) is 1. The Kier molecular flexibility index (Phi) is 5.29. The zero-order valence-corrected chi connectivity index (χ0v) is 13.5. The van der Waals surface area contributed by atoms with Crippen molar-refractivity contribution in [3.8, 4) is 5.75 Å². The number of carboxylic acid groups (broad SMARTS) is 1. The molecule has 1 aromatic carbocycles. The topological polar surface area (TPSA) is 66.8 Å². The standard InChI is InChI=1S/C16H20ClNO4/c1-10(2)13-5-12(17)3-4-14(13)22-9-11-7-18(8-11)15(19)6-16(20)21/h3-5,10-11H,6-9H2,1-2H3,(H,20,21). The smallest absolute Gasteiger partial charge is 0.312 e. The first kappa shape index (κ1) is 16.6. The van der Waals surface area contributed by atoms with Crippen LogP contribution in [-0.2, 0) is 9.59 Å². The van der Waals surface area contributed by atoms with Crippen molar-refractivity contribution in [3.05, 3.63) is 28.8 Å². The number of rotatable bonds is 6. The highest BCUT2D eigenvalue weighted by Crippen LogP contribution is 2.30. The van der Waals surface area contributed by atoms with Gasteiger partial charge in [0.25, 0.3) is 0 Å². The molecule has 1 fully saturated rings. The van der Waals surface area contributed by atoms with Gasteiger partial charge < -0.3 is 14.7 Å². The van der Waals surface area contributed by atoms with E-state index in [0.717, 1.165) is 11.3 Å². The van der Waals surface area contributed by atoms with Gasteiger partial charge in [-0.15, -0.1) is 0 Å². The molecule has 120 valence electrons. The molecule has 0 spiro atoms. The Balaban J connectivity index is 1.83. The molecule has 6 heteroatoms. The van der Waals surface area contributed by atoms with Crippen molar-refractivity contribution in [2.45, 2.75) is 26.2 Å². The average molecular weight is 326 g/mol. The van der Waals surface area contributed by atoms with E-state index in [-0.39, 0.29) is 11.8 Å². The lowest BCUT2D eigenvalue weighted by Crippen LogP contribution is -2.52. The monoisotopic (exact) mass is 325 g/mol. The summed E-state index contributed by atoms with van der Waals surface area (Å²) in [5.74, 6) is -0.0579. The van der Waals surface area contributed by atoms with Crippen molar-refractivity contribution < 1.29 is 19.4 Å². The number of likely N-dealkylation sites (tertiary alicyclic amines) is 1. The molecule has 1 amide bonds. The van der Waals surface area contributed by atoms with E-state index in [2.05, 4.69) is 13.8 Å². The molecule has 0 unspecified atom stereocenters. The van der Waals surface area contributed by atoms with E-state index in [9.17, 15) is 9.59 Å². The number of carbonyl (C=O) groups excluding carboxylic acids is 1. The Morgan fingerprint density at radius 2 is 2.09 bits per heavy atom. The predicted molar refractivity (Wildman–Crippen MR) is 83.4 cm³/mol. The quantitative estimate of drug-likeness (QED) is 0.817. The van der Waals surface area contributed by atoms with Gasteiger partial charge in [0.2, 0.25) is 5.91 Å². The van der Waals surface area contributed by atoms with Crippen molar-refractivity contribution >= 4 is 23.5 Å². The van der Waals surface area contributed by atoms with Crippen LogP contribution >= 0.6 is 11.6 Å². The number of carboxylic acids is 1. The Hall–Kier alpha value is -1.75. The minimum absolute atomic E-state index is 0.244. The summed E-state index contributed by atoms with van der Waals surface area (Å²) in [6.07, 6.45) is -0.442. The molecular weight excluding hydrogens is 306 g/mol. The first-order valence-corrected chi connectivity index (χ1v) is 7.66. The number of halogens is 1. The summed E-state index contributed by atoms with van der Waals surface area (Å²) < 4.78 is 5.85. The minimum Gasteiger partial charge on any atom is -0.493 e. The molecule has 0 bridgehead atoms. The fraction of sp³-hybridized carbons (Fsp3) is 0.500. The zero-order chi connectivity index (χ0) is 16.3. The minimum atomic E-state index is -1.09. The maximum absolute atomic E-state index is 11.5. The molecule has 0 atom stereocenters. The predicted octanol–water partition coefficient (Wildman–Crippen LogP) is 2.78. The second kappa shape index (κ2) is 7.01. The van der Waals surface area contributed by atoms with Gasteiger partial charge in [0.05, 0.1) is 6.61 Å². The molecule has 0 aliphatic carbocycles. The van der Waals surface area contributed by atoms with Crippen LogP contribution in [0.4, 0.5) is 0 Å². The summed E-state index contributed by atoms with van der Waals surface area (Å²) in [7, 11) is 0. The van der Waals surface area contributed by atoms with Gasteiger partial charge in [-0.25, -0.2) is 0 Å². The maximum atomic E-state index is 11.5. The molecule has 0 saturated carbocycles. The molecule has 1 saturated heterocycles. The number of carbonyl (C=O) groups is 2. The zero-order valence-electron chi connectivity index (χ0n) is 12.7. The number of amides is 1. The summed E-state index contributed by atoms with van der Waals surface area (Å²) in [5.41, 5.74) is 1.06. The number of ether oxygens (including phenoxy) is 1. The molecule has 1 heterocycles. The third-order valence-electron chi connectivity index (χ3n) is 3.68. The molecule has 1 aromatic rings. The van der Waals surface area contributed by atoms with Crippen LogP contribution in [0.3, 0.4) is 0 Å². The fourth-order valence-electron chi connectivity index (χ4n) is 2.43. The van der Waals surface area contributed by atoms with E-state index >= 15 is 0 Å². The molecule has 2 rings (SSSR count). The van der Waals surface area contributed by atoms with Crippen molar-refractivity contribution in [2.75, 3.05) is 19.7 Å². The number of benzene rings is 1. The first-order chi connectivity index (χ1) is 10.4. The average Bonchev–Trinajstić information content (AvgIpc) is 2.37. The normalized spacial score (nSPS) is 14.8. The highest BCUT2D eigenvalue weighted by molar-refractivity contribution is 6.30. The Labute approximate surface area is 134 Å². The van der Waals surface area contributed by atoms with E-state index in [4.69, 9.17) is 21.4 Å². The lowest BCUT2D eigenvalue weighted by molar-refractivity contribution is -0.147. The molecule has 1 aliphatic heterocycles. The van der Waals surface area contributed by atoms with E-state index in [1.807, 2.05) is 12.1 Å². The van der Waals surface area contributed by atoms with Crippen LogP contribution in [-0.4, -0.2) is 41.6 Å². The third kappa shape index (κ3) is 4.13. The highest BCUT2D eigenvalue weighted by atomic mass is 35.5. The number of hydrogen-bond acceptors (Lipinski definition) is 3. The molecule has 5 nitrogen and oxygen atoms in total. The van der Waals surface area contributed by atoms with Gasteiger partial charge in [0.15, 0.2) is 0 Å². The van der Waals surface area contributed by atoms with Crippen LogP contribution in [0.1, 0.15) is 31.7 Å². The summed E-state index contributed by atoms with van der Waals surface area (Å²) >= 11 is 6.01. The van der Waals surface area contributed by atoms with Crippen LogP contribution < -0.4 is 4.74 Å². The molecule has 1 N–H and O–H groups in total. The molecule has 22 heavy (non-hydrogen) atoms. The highest BCUT2D eigenvalue weighted by Gasteiger charge is 2.31. The second-order valence-corrected chi connectivity index (χ2v) is 6.32. The van der Waals surface area contributed by atoms with Gasteiger partial charge in [-0.3, -0.25) is 9.59 Å². The van der Waals surface area contributed by atoms with Crippen molar-refractivity contribution in [1.29, 1.82) is 0 Å². The third-order valence-corrected chi connectivity index (χ3v) is 3.92. The van der Waals surface area contributed by atoms with E-state index in [1.165, 1.54) is 0 Å². The van der Waals surface area contributed by atoms with Crippen molar-refractivity contribution in [2.24, 2.45) is 5.92 Å².